The monoisotopic (exact) mass is 710 g/mol. The van der Waals surface area contributed by atoms with Crippen molar-refractivity contribution in [2.75, 3.05) is 45.9 Å². The number of amides is 2. The Morgan fingerprint density at radius 3 is 2.43 bits per heavy atom. The van der Waals surface area contributed by atoms with Crippen molar-refractivity contribution in [2.24, 2.45) is 40.4 Å². The molecule has 51 heavy (non-hydrogen) atoms. The first kappa shape index (κ1) is 35.1. The molecule has 0 radical (unpaired) electrons. The van der Waals surface area contributed by atoms with Crippen LogP contribution >= 0.6 is 0 Å². The van der Waals surface area contributed by atoms with Crippen molar-refractivity contribution >= 4 is 29.4 Å². The Morgan fingerprint density at radius 1 is 1.06 bits per heavy atom. The SMILES string of the molecule is CCN1C[C@]2(COC(=O)c3ccccc3N3C(=O)CC(C)C3=O)CCC(OC)C34[C@@H]5C[C@H]6[C@H](OC(C)=O)[C@@H]5[C@](O)(C[C@@H]6OC)[C@](O)([C@@H](OC)[C@@H]32)[C@@H]14. The molecule has 7 aliphatic rings. The summed E-state index contributed by atoms with van der Waals surface area (Å²) in [5.74, 6) is -3.74. The van der Waals surface area contributed by atoms with E-state index in [0.29, 0.717) is 32.4 Å². The number of likely N-dealkylation sites (tertiary alicyclic amines) is 1. The lowest BCUT2D eigenvalue weighted by Gasteiger charge is -2.70. The van der Waals surface area contributed by atoms with Crippen molar-refractivity contribution in [2.45, 2.75) is 94.5 Å². The summed E-state index contributed by atoms with van der Waals surface area (Å²) < 4.78 is 31.1. The van der Waals surface area contributed by atoms with E-state index in [2.05, 4.69) is 4.90 Å². The molecule has 1 aromatic carbocycles. The number of rotatable bonds is 9. The summed E-state index contributed by atoms with van der Waals surface area (Å²) in [6, 6.07) is 5.95. The number of ether oxygens (including phenoxy) is 5. The van der Waals surface area contributed by atoms with Gasteiger partial charge in [0.1, 0.15) is 17.3 Å². The summed E-state index contributed by atoms with van der Waals surface area (Å²) in [5.41, 5.74) is -4.72. The summed E-state index contributed by atoms with van der Waals surface area (Å²) in [4.78, 5) is 55.9. The Labute approximate surface area is 297 Å². The maximum Gasteiger partial charge on any atom is 0.340 e. The Morgan fingerprint density at radius 2 is 1.80 bits per heavy atom. The highest BCUT2D eigenvalue weighted by Gasteiger charge is 2.92. The van der Waals surface area contributed by atoms with Crippen molar-refractivity contribution < 1.29 is 53.1 Å². The van der Waals surface area contributed by atoms with Crippen LogP contribution in [0.25, 0.3) is 0 Å². The molecule has 2 heterocycles. The van der Waals surface area contributed by atoms with Crippen molar-refractivity contribution in [1.82, 2.24) is 4.90 Å². The number of fused-ring (bicyclic) bond motifs is 2. The van der Waals surface area contributed by atoms with E-state index in [0.717, 1.165) is 4.90 Å². The second-order valence-electron chi connectivity index (χ2n) is 16.3. The second-order valence-corrected chi connectivity index (χ2v) is 16.3. The third-order valence-corrected chi connectivity index (χ3v) is 14.6. The van der Waals surface area contributed by atoms with Crippen LogP contribution < -0.4 is 4.90 Å². The molecule has 5 aliphatic carbocycles. The maximum atomic E-state index is 14.1. The van der Waals surface area contributed by atoms with Gasteiger partial charge < -0.3 is 33.9 Å². The Kier molecular flexibility index (Phi) is 8.11. The number of hydrogen-bond donors (Lipinski definition) is 2. The van der Waals surface area contributed by atoms with Crippen LogP contribution in [0.3, 0.4) is 0 Å². The fourth-order valence-electron chi connectivity index (χ4n) is 13.2. The number of hydrogen-bond acceptors (Lipinski definition) is 12. The fourth-order valence-corrected chi connectivity index (χ4v) is 13.2. The first-order valence-electron chi connectivity index (χ1n) is 18.4. The van der Waals surface area contributed by atoms with E-state index in [1.807, 2.05) is 6.92 Å². The third kappa shape index (κ3) is 4.19. The minimum absolute atomic E-state index is 0.0201. The molecule has 2 saturated heterocycles. The number of esters is 2. The molecule has 0 aromatic heterocycles. The highest BCUT2D eigenvalue weighted by atomic mass is 16.6. The molecule has 13 nitrogen and oxygen atoms in total. The van der Waals surface area contributed by atoms with Gasteiger partial charge in [-0.1, -0.05) is 26.0 Å². The largest absolute Gasteiger partial charge is 0.462 e. The van der Waals surface area contributed by atoms with Gasteiger partial charge in [-0.2, -0.15) is 0 Å². The molecule has 278 valence electrons. The second kappa shape index (κ2) is 11.8. The van der Waals surface area contributed by atoms with Crippen LogP contribution in [0, 0.1) is 40.4 Å². The zero-order chi connectivity index (χ0) is 36.4. The van der Waals surface area contributed by atoms with Gasteiger partial charge in [0.15, 0.2) is 0 Å². The molecule has 5 saturated carbocycles. The van der Waals surface area contributed by atoms with Crippen molar-refractivity contribution in [1.29, 1.82) is 0 Å². The van der Waals surface area contributed by atoms with E-state index in [4.69, 9.17) is 23.7 Å². The highest BCUT2D eigenvalue weighted by Crippen LogP contribution is 2.80. The van der Waals surface area contributed by atoms with E-state index in [1.165, 1.54) is 6.92 Å². The summed E-state index contributed by atoms with van der Waals surface area (Å²) in [6.45, 7) is 6.10. The number of imide groups is 1. The third-order valence-electron chi connectivity index (χ3n) is 14.6. The van der Waals surface area contributed by atoms with Crippen molar-refractivity contribution in [3.05, 3.63) is 29.8 Å². The lowest BCUT2D eigenvalue weighted by Crippen LogP contribution is -2.82. The number of carbonyl (C=O) groups excluding carboxylic acids is 4. The van der Waals surface area contributed by atoms with Gasteiger partial charge in [-0.3, -0.25) is 19.3 Å². The summed E-state index contributed by atoms with van der Waals surface area (Å²) >= 11 is 0. The minimum Gasteiger partial charge on any atom is -0.462 e. The molecule has 7 bridgehead atoms. The summed E-state index contributed by atoms with van der Waals surface area (Å²) in [6.07, 6.45) is -0.303. The topological polar surface area (TPSA) is 161 Å². The first-order valence-corrected chi connectivity index (χ1v) is 18.4. The molecule has 2 aliphatic heterocycles. The van der Waals surface area contributed by atoms with Crippen LogP contribution in [0.2, 0.25) is 0 Å². The lowest BCUT2D eigenvalue weighted by molar-refractivity contribution is -0.319. The number of benzene rings is 1. The Balaban J connectivity index is 1.24. The van der Waals surface area contributed by atoms with E-state index in [-0.39, 0.29) is 60.5 Å². The van der Waals surface area contributed by atoms with Gasteiger partial charge in [-0.05, 0) is 43.9 Å². The zero-order valence-electron chi connectivity index (χ0n) is 30.2. The van der Waals surface area contributed by atoms with E-state index >= 15 is 0 Å². The number of methoxy groups -OCH3 is 3. The minimum atomic E-state index is -1.82. The smallest absolute Gasteiger partial charge is 0.340 e. The van der Waals surface area contributed by atoms with Crippen LogP contribution in [0.5, 0.6) is 0 Å². The van der Waals surface area contributed by atoms with Crippen molar-refractivity contribution in [3.8, 4) is 0 Å². The number of piperidine rings is 1. The molecule has 1 spiro atoms. The molecule has 13 heteroatoms. The van der Waals surface area contributed by atoms with Crippen LogP contribution in [0.1, 0.15) is 63.2 Å². The van der Waals surface area contributed by atoms with Gasteiger partial charge in [-0.25, -0.2) is 9.69 Å². The Hall–Kier alpha value is -2.94. The van der Waals surface area contributed by atoms with E-state index in [1.54, 1.807) is 52.5 Å². The average Bonchev–Trinajstić information content (AvgIpc) is 3.61. The zero-order valence-corrected chi connectivity index (χ0v) is 30.2. The summed E-state index contributed by atoms with van der Waals surface area (Å²) in [7, 11) is 4.85. The molecule has 2 N–H and O–H groups in total. The van der Waals surface area contributed by atoms with Gasteiger partial charge >= 0.3 is 11.9 Å². The molecular formula is C38H50N2O11. The number of nitrogens with zero attached hydrogens (tertiary/aromatic N) is 2. The van der Waals surface area contributed by atoms with Gasteiger partial charge in [0.05, 0.1) is 42.2 Å². The quantitative estimate of drug-likeness (QED) is 0.284. The maximum absolute atomic E-state index is 14.1. The molecule has 14 atom stereocenters. The van der Waals surface area contributed by atoms with E-state index in [9.17, 15) is 29.4 Å². The van der Waals surface area contributed by atoms with Gasteiger partial charge in [0.2, 0.25) is 11.8 Å². The van der Waals surface area contributed by atoms with Gasteiger partial charge in [-0.15, -0.1) is 0 Å². The first-order chi connectivity index (χ1) is 24.3. The number of carbonyl (C=O) groups is 4. The lowest BCUT2D eigenvalue weighted by atomic mass is 9.42. The molecule has 3 unspecified atom stereocenters. The normalized spacial score (nSPS) is 46.4. The van der Waals surface area contributed by atoms with Crippen LogP contribution in [0.15, 0.2) is 24.3 Å². The van der Waals surface area contributed by atoms with Gasteiger partial charge in [0.25, 0.3) is 0 Å². The highest BCUT2D eigenvalue weighted by molar-refractivity contribution is 6.22. The summed E-state index contributed by atoms with van der Waals surface area (Å²) in [5, 5.41) is 26.7. The van der Waals surface area contributed by atoms with Crippen molar-refractivity contribution in [3.63, 3.8) is 0 Å². The Bertz CT molecular complexity index is 1650. The van der Waals surface area contributed by atoms with Gasteiger partial charge in [0, 0.05) is 82.1 Å². The van der Waals surface area contributed by atoms with Crippen LogP contribution in [-0.4, -0.2) is 122 Å². The standard InChI is InChI=1S/C38H50N2O11/c1-7-39-17-35(18-50-33(44)21-10-8-9-11-24(21)40-27(42)14-19(2)32(40)43)13-12-26(48-5)37-23-15-22-25(47-4)16-36(45,28(23)29(22)51-20(3)41)38(46,34(37)39)31(49-6)30(35)37/h8-11,19,22-23,25-26,28-31,34,45-46H,7,12-18H2,1-6H3/t19?,22-,23-,25+,26?,28-,29+,30-,31+,34+,35+,36-,37?,38+/m1/s1. The predicted molar refractivity (Wildman–Crippen MR) is 179 cm³/mol. The molecular weight excluding hydrogens is 660 g/mol. The predicted octanol–water partition coefficient (Wildman–Crippen LogP) is 1.95. The average molecular weight is 711 g/mol. The van der Waals surface area contributed by atoms with Crippen LogP contribution in [-0.2, 0) is 38.1 Å². The number of aliphatic hydroxyl groups is 2. The fraction of sp³-hybridized carbons (Fsp3) is 0.737. The number of anilines is 1. The number of likely N-dealkylation sites (N-methyl/N-ethyl adjacent to an activating group) is 1. The molecule has 8 rings (SSSR count). The molecule has 2 amide bonds. The molecule has 1 aromatic rings. The van der Waals surface area contributed by atoms with Crippen LogP contribution in [0.4, 0.5) is 5.69 Å². The molecule has 7 fully saturated rings. The van der Waals surface area contributed by atoms with E-state index < -0.39 is 76.1 Å². The number of para-hydroxylation sites is 1.